The van der Waals surface area contributed by atoms with Gasteiger partial charge >= 0.3 is 0 Å². The van der Waals surface area contributed by atoms with Crippen LogP contribution in [0.3, 0.4) is 0 Å². The number of carbonyl (C=O) groups excluding carboxylic acids is 2. The molecule has 1 heterocycles. The molecule has 1 amide bonds. The molecule has 10 heteroatoms. The van der Waals surface area contributed by atoms with Gasteiger partial charge in [0.15, 0.2) is 11.5 Å². The van der Waals surface area contributed by atoms with Crippen molar-refractivity contribution in [2.75, 3.05) is 25.2 Å². The highest BCUT2D eigenvalue weighted by Gasteiger charge is 2.47. The van der Waals surface area contributed by atoms with Crippen molar-refractivity contribution in [2.45, 2.75) is 19.9 Å². The molecule has 0 saturated carbocycles. The quantitative estimate of drug-likeness (QED) is 0.195. The van der Waals surface area contributed by atoms with Gasteiger partial charge in [-0.05, 0) is 55.8 Å². The number of methoxy groups -OCH3 is 1. The fourth-order valence-corrected chi connectivity index (χ4v) is 4.94. The van der Waals surface area contributed by atoms with Crippen LogP contribution in [0.15, 0.2) is 60.2 Å². The van der Waals surface area contributed by atoms with E-state index in [1.54, 1.807) is 37.3 Å². The average Bonchev–Trinajstić information content (AvgIpc) is 3.15. The maximum atomic E-state index is 13.5. The molecule has 38 heavy (non-hydrogen) atoms. The highest BCUT2D eigenvalue weighted by molar-refractivity contribution is 6.52. The lowest BCUT2D eigenvalue weighted by Gasteiger charge is -2.26. The van der Waals surface area contributed by atoms with E-state index in [0.29, 0.717) is 23.6 Å². The molecule has 0 radical (unpaired) electrons. The van der Waals surface area contributed by atoms with Crippen LogP contribution in [-0.2, 0) is 9.59 Å². The number of aromatic hydroxyl groups is 1. The molecule has 1 atom stereocenters. The molecule has 1 aliphatic heterocycles. The van der Waals surface area contributed by atoms with E-state index in [1.807, 2.05) is 6.92 Å². The number of benzene rings is 3. The molecule has 3 aromatic carbocycles. The number of ketones is 1. The van der Waals surface area contributed by atoms with Crippen molar-refractivity contribution in [1.29, 1.82) is 0 Å². The SMILES string of the molecule is CCOc1cccc(N2C(=O)C(=O)/C(=C(/O)c3cc(Cl)cc(Cl)c3OC)C2c2ccc(O)c(OCC)c2)c1. The summed E-state index contributed by atoms with van der Waals surface area (Å²) in [5.41, 5.74) is 0.589. The lowest BCUT2D eigenvalue weighted by molar-refractivity contribution is -0.132. The number of aliphatic hydroxyl groups is 1. The fourth-order valence-electron chi connectivity index (χ4n) is 4.36. The molecule has 1 aliphatic rings. The Morgan fingerprint density at radius 3 is 2.42 bits per heavy atom. The molecule has 4 rings (SSSR count). The maximum Gasteiger partial charge on any atom is 0.300 e. The molecule has 2 N–H and O–H groups in total. The zero-order valence-corrected chi connectivity index (χ0v) is 22.3. The number of phenols is 1. The standard InChI is InChI=1S/C28H25Cl2NO7/c1-4-37-18-8-6-7-17(14-18)31-24(15-9-10-21(32)22(11-15)38-5-2)23(26(34)28(31)35)25(33)19-12-16(29)13-20(30)27(19)36-3/h6-14,24,32-33H,4-5H2,1-3H3/b25-23+. The molecule has 1 saturated heterocycles. The van der Waals surface area contributed by atoms with E-state index in [4.69, 9.17) is 37.4 Å². The number of aliphatic hydroxyl groups excluding tert-OH is 1. The predicted octanol–water partition coefficient (Wildman–Crippen LogP) is 6.13. The van der Waals surface area contributed by atoms with Crippen molar-refractivity contribution >= 4 is 46.3 Å². The van der Waals surface area contributed by atoms with Crippen LogP contribution < -0.4 is 19.1 Å². The summed E-state index contributed by atoms with van der Waals surface area (Å²) in [4.78, 5) is 28.3. The Morgan fingerprint density at radius 1 is 1.00 bits per heavy atom. The van der Waals surface area contributed by atoms with E-state index in [-0.39, 0.29) is 45.0 Å². The van der Waals surface area contributed by atoms with E-state index in [9.17, 15) is 19.8 Å². The summed E-state index contributed by atoms with van der Waals surface area (Å²) in [5, 5.41) is 22.1. The molecule has 0 spiro atoms. The Morgan fingerprint density at radius 2 is 1.74 bits per heavy atom. The third-order valence-electron chi connectivity index (χ3n) is 5.92. The van der Waals surface area contributed by atoms with Gasteiger partial charge in [-0.2, -0.15) is 0 Å². The van der Waals surface area contributed by atoms with Crippen LogP contribution in [-0.4, -0.2) is 42.2 Å². The highest BCUT2D eigenvalue weighted by atomic mass is 35.5. The first-order chi connectivity index (χ1) is 18.2. The van der Waals surface area contributed by atoms with Gasteiger partial charge in [-0.1, -0.05) is 35.3 Å². The summed E-state index contributed by atoms with van der Waals surface area (Å²) >= 11 is 12.5. The Labute approximate surface area is 229 Å². The molecule has 3 aromatic rings. The van der Waals surface area contributed by atoms with Crippen LogP contribution in [0.25, 0.3) is 5.76 Å². The van der Waals surface area contributed by atoms with Crippen LogP contribution in [0.4, 0.5) is 5.69 Å². The van der Waals surface area contributed by atoms with Gasteiger partial charge in [0, 0.05) is 16.8 Å². The van der Waals surface area contributed by atoms with Gasteiger partial charge in [0.25, 0.3) is 11.7 Å². The number of Topliss-reactive ketones (excluding diaryl/α,β-unsaturated/α-hetero) is 1. The summed E-state index contributed by atoms with van der Waals surface area (Å²) in [6.07, 6.45) is 0. The summed E-state index contributed by atoms with van der Waals surface area (Å²) in [6, 6.07) is 12.9. The van der Waals surface area contributed by atoms with Crippen LogP contribution in [0.5, 0.6) is 23.0 Å². The first-order valence-electron chi connectivity index (χ1n) is 11.7. The first-order valence-corrected chi connectivity index (χ1v) is 12.5. The van der Waals surface area contributed by atoms with Gasteiger partial charge in [0.05, 0.1) is 42.5 Å². The number of halogens is 2. The molecule has 1 unspecified atom stereocenters. The topological polar surface area (TPSA) is 106 Å². The van der Waals surface area contributed by atoms with Gasteiger partial charge in [-0.15, -0.1) is 0 Å². The summed E-state index contributed by atoms with van der Waals surface area (Å²) in [6.45, 7) is 4.25. The lowest BCUT2D eigenvalue weighted by atomic mass is 9.94. The van der Waals surface area contributed by atoms with Gasteiger partial charge in [-0.25, -0.2) is 0 Å². The molecule has 1 fully saturated rings. The minimum atomic E-state index is -1.10. The van der Waals surface area contributed by atoms with Crippen LogP contribution in [0.1, 0.15) is 31.0 Å². The van der Waals surface area contributed by atoms with E-state index in [2.05, 4.69) is 0 Å². The van der Waals surface area contributed by atoms with Gasteiger partial charge in [0.1, 0.15) is 17.3 Å². The van der Waals surface area contributed by atoms with Crippen molar-refractivity contribution in [3.63, 3.8) is 0 Å². The average molecular weight is 558 g/mol. The molecule has 0 aliphatic carbocycles. The summed E-state index contributed by atoms with van der Waals surface area (Å²) in [7, 11) is 1.36. The molecular formula is C28H25Cl2NO7. The highest BCUT2D eigenvalue weighted by Crippen LogP contribution is 2.46. The molecule has 198 valence electrons. The third-order valence-corrected chi connectivity index (χ3v) is 6.42. The first kappa shape index (κ1) is 27.2. The van der Waals surface area contributed by atoms with Gasteiger partial charge in [-0.3, -0.25) is 14.5 Å². The second kappa shape index (κ2) is 11.2. The number of amides is 1. The largest absolute Gasteiger partial charge is 0.507 e. The molecule has 0 aromatic heterocycles. The molecule has 8 nitrogen and oxygen atoms in total. The van der Waals surface area contributed by atoms with E-state index in [0.717, 1.165) is 0 Å². The number of nitrogens with zero attached hydrogens (tertiary/aromatic N) is 1. The van der Waals surface area contributed by atoms with E-state index < -0.39 is 23.5 Å². The second-order valence-corrected chi connectivity index (χ2v) is 9.07. The van der Waals surface area contributed by atoms with Gasteiger partial charge in [0.2, 0.25) is 0 Å². The monoisotopic (exact) mass is 557 g/mol. The Kier molecular flexibility index (Phi) is 8.04. The summed E-state index contributed by atoms with van der Waals surface area (Å²) in [5.74, 6) is -1.71. The minimum absolute atomic E-state index is 0.0416. The zero-order chi connectivity index (χ0) is 27.6. The number of hydrogen-bond donors (Lipinski definition) is 2. The zero-order valence-electron chi connectivity index (χ0n) is 20.8. The predicted molar refractivity (Wildman–Crippen MR) is 145 cm³/mol. The smallest absolute Gasteiger partial charge is 0.300 e. The summed E-state index contributed by atoms with van der Waals surface area (Å²) < 4.78 is 16.5. The lowest BCUT2D eigenvalue weighted by Crippen LogP contribution is -2.29. The Balaban J connectivity index is 2.01. The maximum absolute atomic E-state index is 13.5. The van der Waals surface area contributed by atoms with Gasteiger partial charge < -0.3 is 24.4 Å². The van der Waals surface area contributed by atoms with Crippen molar-refractivity contribution in [3.05, 3.63) is 81.3 Å². The Hall–Kier alpha value is -3.88. The third kappa shape index (κ3) is 4.97. The number of hydrogen-bond acceptors (Lipinski definition) is 7. The minimum Gasteiger partial charge on any atom is -0.507 e. The van der Waals surface area contributed by atoms with Crippen molar-refractivity contribution < 1.29 is 34.0 Å². The van der Waals surface area contributed by atoms with E-state index in [1.165, 1.54) is 36.3 Å². The van der Waals surface area contributed by atoms with Crippen molar-refractivity contribution in [1.82, 2.24) is 0 Å². The Bertz CT molecular complexity index is 1440. The van der Waals surface area contributed by atoms with Crippen molar-refractivity contribution in [3.8, 4) is 23.0 Å². The van der Waals surface area contributed by atoms with E-state index >= 15 is 0 Å². The molecule has 0 bridgehead atoms. The number of anilines is 1. The number of phenolic OH excluding ortho intramolecular Hbond substituents is 1. The van der Waals surface area contributed by atoms with Crippen molar-refractivity contribution in [2.24, 2.45) is 0 Å². The number of carbonyl (C=O) groups is 2. The number of rotatable bonds is 8. The fraction of sp³-hybridized carbons (Fsp3) is 0.214. The molecular weight excluding hydrogens is 533 g/mol. The normalized spacial score (nSPS) is 16.6. The van der Waals surface area contributed by atoms with Crippen LogP contribution in [0.2, 0.25) is 10.0 Å². The van der Waals surface area contributed by atoms with Crippen LogP contribution in [0, 0.1) is 0 Å². The van der Waals surface area contributed by atoms with Crippen LogP contribution >= 0.6 is 23.2 Å². The number of ether oxygens (including phenoxy) is 3. The second-order valence-electron chi connectivity index (χ2n) is 8.23.